The number of allylic oxidation sites excluding steroid dienone is 8. The molecule has 1 unspecified atom stereocenters. The van der Waals surface area contributed by atoms with Crippen LogP contribution in [0.3, 0.4) is 0 Å². The average Bonchev–Trinajstić information content (AvgIpc) is 2.33. The van der Waals surface area contributed by atoms with Gasteiger partial charge in [-0.05, 0) is 32.1 Å². The van der Waals surface area contributed by atoms with Gasteiger partial charge in [-0.25, -0.2) is 0 Å². The molecule has 84 valence electrons. The SMILES string of the molecule is CC1=CC=C(C(=O)C2=CC=CCC2)CC1C. The predicted octanol–water partition coefficient (Wildman–Crippen LogP) is 3.74. The first kappa shape index (κ1) is 11.1. The number of hydrogen-bond donors (Lipinski definition) is 0. The molecule has 0 aromatic heterocycles. The van der Waals surface area contributed by atoms with Crippen molar-refractivity contribution in [2.75, 3.05) is 0 Å². The Balaban J connectivity index is 2.17. The molecular formula is C15H18O. The van der Waals surface area contributed by atoms with E-state index in [0.29, 0.717) is 5.92 Å². The standard InChI is InChI=1S/C15H18O/c1-11-8-9-14(10-12(11)2)15(16)13-6-4-3-5-7-13/h3-4,6,8-9,12H,5,7,10H2,1-2H3. The molecule has 1 heteroatoms. The molecule has 0 fully saturated rings. The lowest BCUT2D eigenvalue weighted by Crippen LogP contribution is -2.13. The van der Waals surface area contributed by atoms with E-state index in [1.807, 2.05) is 18.2 Å². The molecule has 16 heavy (non-hydrogen) atoms. The maximum Gasteiger partial charge on any atom is 0.185 e. The van der Waals surface area contributed by atoms with Crippen molar-refractivity contribution in [3.05, 3.63) is 47.1 Å². The number of hydrogen-bond acceptors (Lipinski definition) is 1. The maximum atomic E-state index is 12.2. The Hall–Kier alpha value is -1.37. The molecule has 2 aliphatic carbocycles. The van der Waals surface area contributed by atoms with Crippen LogP contribution in [0.4, 0.5) is 0 Å². The summed E-state index contributed by atoms with van der Waals surface area (Å²) in [6, 6.07) is 0. The largest absolute Gasteiger partial charge is 0.289 e. The zero-order chi connectivity index (χ0) is 11.5. The minimum Gasteiger partial charge on any atom is -0.289 e. The molecule has 0 aromatic rings. The first-order chi connectivity index (χ1) is 7.68. The van der Waals surface area contributed by atoms with E-state index in [9.17, 15) is 4.79 Å². The van der Waals surface area contributed by atoms with Gasteiger partial charge in [-0.1, -0.05) is 42.9 Å². The van der Waals surface area contributed by atoms with Gasteiger partial charge in [-0.15, -0.1) is 0 Å². The minimum atomic E-state index is 0.250. The van der Waals surface area contributed by atoms with Crippen LogP contribution in [0.15, 0.2) is 47.1 Å². The number of rotatable bonds is 2. The molecule has 0 N–H and O–H groups in total. The molecule has 1 atom stereocenters. The van der Waals surface area contributed by atoms with Crippen LogP contribution in [0.25, 0.3) is 0 Å². The van der Waals surface area contributed by atoms with E-state index in [1.54, 1.807) is 0 Å². The molecule has 0 aromatic carbocycles. The van der Waals surface area contributed by atoms with Gasteiger partial charge >= 0.3 is 0 Å². The molecule has 0 bridgehead atoms. The summed E-state index contributed by atoms with van der Waals surface area (Å²) in [6.07, 6.45) is 12.9. The van der Waals surface area contributed by atoms with Crippen LogP contribution in [0.1, 0.15) is 33.1 Å². The molecule has 0 radical (unpaired) electrons. The Labute approximate surface area is 97.2 Å². The summed E-state index contributed by atoms with van der Waals surface area (Å²) in [7, 11) is 0. The predicted molar refractivity (Wildman–Crippen MR) is 67.1 cm³/mol. The van der Waals surface area contributed by atoms with Gasteiger partial charge in [0.05, 0.1) is 0 Å². The summed E-state index contributed by atoms with van der Waals surface area (Å²) >= 11 is 0. The van der Waals surface area contributed by atoms with Crippen molar-refractivity contribution in [1.29, 1.82) is 0 Å². The smallest absolute Gasteiger partial charge is 0.185 e. The number of carbonyl (C=O) groups is 1. The summed E-state index contributed by atoms with van der Waals surface area (Å²) in [4.78, 5) is 12.2. The topological polar surface area (TPSA) is 17.1 Å². The lowest BCUT2D eigenvalue weighted by Gasteiger charge is -2.19. The highest BCUT2D eigenvalue weighted by molar-refractivity contribution is 6.08. The summed E-state index contributed by atoms with van der Waals surface area (Å²) in [5, 5.41) is 0. The molecule has 0 spiro atoms. The van der Waals surface area contributed by atoms with Gasteiger partial charge in [-0.3, -0.25) is 4.79 Å². The van der Waals surface area contributed by atoms with Crippen molar-refractivity contribution in [3.63, 3.8) is 0 Å². The zero-order valence-corrected chi connectivity index (χ0v) is 9.99. The van der Waals surface area contributed by atoms with Crippen LogP contribution in [-0.4, -0.2) is 5.78 Å². The second kappa shape index (κ2) is 4.65. The van der Waals surface area contributed by atoms with Crippen LogP contribution in [0, 0.1) is 5.92 Å². The maximum absolute atomic E-state index is 12.2. The van der Waals surface area contributed by atoms with E-state index in [4.69, 9.17) is 0 Å². The van der Waals surface area contributed by atoms with E-state index in [2.05, 4.69) is 26.0 Å². The van der Waals surface area contributed by atoms with Crippen LogP contribution < -0.4 is 0 Å². The zero-order valence-electron chi connectivity index (χ0n) is 9.99. The quantitative estimate of drug-likeness (QED) is 0.684. The van der Waals surface area contributed by atoms with E-state index < -0.39 is 0 Å². The fraction of sp³-hybridized carbons (Fsp3) is 0.400. The fourth-order valence-corrected chi connectivity index (χ4v) is 2.12. The third-order valence-electron chi connectivity index (χ3n) is 3.45. The van der Waals surface area contributed by atoms with Crippen LogP contribution in [-0.2, 0) is 4.79 Å². The van der Waals surface area contributed by atoms with Gasteiger partial charge in [0, 0.05) is 11.1 Å². The Morgan fingerprint density at radius 1 is 1.25 bits per heavy atom. The fourth-order valence-electron chi connectivity index (χ4n) is 2.12. The van der Waals surface area contributed by atoms with Crippen LogP contribution in [0.5, 0.6) is 0 Å². The van der Waals surface area contributed by atoms with Gasteiger partial charge < -0.3 is 0 Å². The normalized spacial score (nSPS) is 24.6. The summed E-state index contributed by atoms with van der Waals surface area (Å²) in [5.41, 5.74) is 3.31. The van der Waals surface area contributed by atoms with Crippen molar-refractivity contribution in [2.24, 2.45) is 5.92 Å². The highest BCUT2D eigenvalue weighted by atomic mass is 16.1. The van der Waals surface area contributed by atoms with E-state index in [1.165, 1.54) is 5.57 Å². The first-order valence-electron chi connectivity index (χ1n) is 5.96. The average molecular weight is 214 g/mol. The lowest BCUT2D eigenvalue weighted by atomic mass is 9.85. The number of carbonyl (C=O) groups excluding carboxylic acids is 1. The van der Waals surface area contributed by atoms with Crippen molar-refractivity contribution < 1.29 is 4.79 Å². The second-order valence-corrected chi connectivity index (χ2v) is 4.70. The van der Waals surface area contributed by atoms with E-state index in [-0.39, 0.29) is 5.78 Å². The van der Waals surface area contributed by atoms with Crippen molar-refractivity contribution >= 4 is 5.78 Å². The number of ketones is 1. The third-order valence-corrected chi connectivity index (χ3v) is 3.45. The first-order valence-corrected chi connectivity index (χ1v) is 5.96. The molecular weight excluding hydrogens is 196 g/mol. The van der Waals surface area contributed by atoms with Crippen LogP contribution >= 0.6 is 0 Å². The third kappa shape index (κ3) is 2.24. The Morgan fingerprint density at radius 3 is 2.69 bits per heavy atom. The van der Waals surface area contributed by atoms with Crippen molar-refractivity contribution in [1.82, 2.24) is 0 Å². The molecule has 0 heterocycles. The summed E-state index contributed by atoms with van der Waals surface area (Å²) in [5.74, 6) is 0.753. The van der Waals surface area contributed by atoms with Gasteiger partial charge in [0.2, 0.25) is 0 Å². The minimum absolute atomic E-state index is 0.250. The van der Waals surface area contributed by atoms with Crippen molar-refractivity contribution in [3.8, 4) is 0 Å². The lowest BCUT2D eigenvalue weighted by molar-refractivity contribution is -0.112. The number of Topliss-reactive ketones (excluding diaryl/α,β-unsaturated/α-hetero) is 1. The monoisotopic (exact) mass is 214 g/mol. The highest BCUT2D eigenvalue weighted by Crippen LogP contribution is 2.27. The Morgan fingerprint density at radius 2 is 2.06 bits per heavy atom. The van der Waals surface area contributed by atoms with Gasteiger partial charge in [-0.2, -0.15) is 0 Å². The van der Waals surface area contributed by atoms with Gasteiger partial charge in [0.1, 0.15) is 0 Å². The molecule has 0 amide bonds. The van der Waals surface area contributed by atoms with Gasteiger partial charge in [0.15, 0.2) is 5.78 Å². The summed E-state index contributed by atoms with van der Waals surface area (Å²) < 4.78 is 0. The molecule has 0 saturated carbocycles. The second-order valence-electron chi connectivity index (χ2n) is 4.70. The molecule has 2 aliphatic rings. The Bertz CT molecular complexity index is 419. The van der Waals surface area contributed by atoms with Crippen molar-refractivity contribution in [2.45, 2.75) is 33.1 Å². The van der Waals surface area contributed by atoms with E-state index in [0.717, 1.165) is 30.4 Å². The highest BCUT2D eigenvalue weighted by Gasteiger charge is 2.20. The summed E-state index contributed by atoms with van der Waals surface area (Å²) in [6.45, 7) is 4.31. The molecule has 2 rings (SSSR count). The van der Waals surface area contributed by atoms with E-state index >= 15 is 0 Å². The molecule has 0 saturated heterocycles. The Kier molecular flexibility index (Phi) is 3.23. The van der Waals surface area contributed by atoms with Gasteiger partial charge in [0.25, 0.3) is 0 Å². The van der Waals surface area contributed by atoms with Crippen LogP contribution in [0.2, 0.25) is 0 Å². The molecule has 1 nitrogen and oxygen atoms in total. The molecule has 0 aliphatic heterocycles.